The van der Waals surface area contributed by atoms with Crippen molar-refractivity contribution in [3.8, 4) is 11.5 Å². The number of unbranched alkanes of at least 4 members (excludes halogenated alkanes) is 1. The average Bonchev–Trinajstić information content (AvgIpc) is 2.98. The van der Waals surface area contributed by atoms with Gasteiger partial charge in [-0.1, -0.05) is 50.1 Å². The number of benzene rings is 2. The summed E-state index contributed by atoms with van der Waals surface area (Å²) in [5.74, 6) is 1.24. The van der Waals surface area contributed by atoms with Crippen molar-refractivity contribution in [3.05, 3.63) is 84.5 Å². The average molecular weight is 613 g/mol. The molecule has 0 saturated heterocycles. The van der Waals surface area contributed by atoms with Gasteiger partial charge in [-0.3, -0.25) is 9.59 Å². The Kier molecular flexibility index (Phi) is 15.9. The van der Waals surface area contributed by atoms with Gasteiger partial charge in [0.1, 0.15) is 11.5 Å². The van der Waals surface area contributed by atoms with Crippen LogP contribution in [0, 0.1) is 0 Å². The van der Waals surface area contributed by atoms with E-state index in [1.807, 2.05) is 25.1 Å². The van der Waals surface area contributed by atoms with E-state index in [4.69, 9.17) is 18.9 Å². The smallest absolute Gasteiger partial charge is 0.493 e. The van der Waals surface area contributed by atoms with Crippen LogP contribution >= 0.6 is 23.5 Å². The summed E-state index contributed by atoms with van der Waals surface area (Å²) < 4.78 is 21.0. The molecule has 0 atom stereocenters. The number of hydrogen-bond acceptors (Lipinski definition) is 10. The lowest BCUT2D eigenvalue weighted by Gasteiger charge is -2.11. The Morgan fingerprint density at radius 1 is 0.881 bits per heavy atom. The molecule has 0 radical (unpaired) electrons. The van der Waals surface area contributed by atoms with Gasteiger partial charge in [0.2, 0.25) is 10.2 Å². The molecule has 0 aromatic heterocycles. The van der Waals surface area contributed by atoms with Gasteiger partial charge >= 0.3 is 12.1 Å². The van der Waals surface area contributed by atoms with Gasteiger partial charge in [-0.2, -0.15) is 0 Å². The maximum Gasteiger partial charge on any atom is 0.513 e. The molecule has 0 fully saturated rings. The Balaban J connectivity index is 1.75. The van der Waals surface area contributed by atoms with Crippen LogP contribution in [0.4, 0.5) is 4.79 Å². The standard InChI is InChI=1S/C32H36O8S2/c1-5-25-22-27(37-19-9-20-38-31(35)23(3)4)15-16-28(25)42-30(34)17-12-24-10-13-26(14-11-24)40-32(36)39-18-7-8-21-41-29(33)6-2/h6,10-17,22H,2-3,5,7-9,18-21H2,1,4H3/b17-12+. The molecule has 0 unspecified atom stereocenters. The molecular weight excluding hydrogens is 576 g/mol. The van der Waals surface area contributed by atoms with Crippen LogP contribution in [0.5, 0.6) is 11.5 Å². The fourth-order valence-electron chi connectivity index (χ4n) is 3.23. The van der Waals surface area contributed by atoms with Crippen LogP contribution in [0.3, 0.4) is 0 Å². The predicted octanol–water partition coefficient (Wildman–Crippen LogP) is 7.21. The Morgan fingerprint density at radius 2 is 1.60 bits per heavy atom. The summed E-state index contributed by atoms with van der Waals surface area (Å²) in [5.41, 5.74) is 2.12. The maximum absolute atomic E-state index is 12.6. The summed E-state index contributed by atoms with van der Waals surface area (Å²) in [6.07, 6.45) is 6.29. The number of esters is 1. The van der Waals surface area contributed by atoms with Crippen molar-refractivity contribution in [2.24, 2.45) is 0 Å². The van der Waals surface area contributed by atoms with Crippen LogP contribution in [-0.2, 0) is 30.3 Å². The van der Waals surface area contributed by atoms with E-state index in [0.717, 1.165) is 40.6 Å². The second kappa shape index (κ2) is 19.4. The molecule has 42 heavy (non-hydrogen) atoms. The number of thioether (sulfide) groups is 2. The third-order valence-corrected chi connectivity index (χ3v) is 7.32. The highest BCUT2D eigenvalue weighted by Gasteiger charge is 2.10. The van der Waals surface area contributed by atoms with Gasteiger partial charge in [0.15, 0.2) is 0 Å². The monoisotopic (exact) mass is 612 g/mol. The third kappa shape index (κ3) is 13.7. The summed E-state index contributed by atoms with van der Waals surface area (Å²) in [4.78, 5) is 47.8. The highest BCUT2D eigenvalue weighted by atomic mass is 32.2. The predicted molar refractivity (Wildman–Crippen MR) is 167 cm³/mol. The molecule has 8 nitrogen and oxygen atoms in total. The van der Waals surface area contributed by atoms with Crippen molar-refractivity contribution in [1.82, 2.24) is 0 Å². The lowest BCUT2D eigenvalue weighted by atomic mass is 10.1. The van der Waals surface area contributed by atoms with Crippen LogP contribution in [0.2, 0.25) is 0 Å². The fourth-order valence-corrected chi connectivity index (χ4v) is 4.72. The summed E-state index contributed by atoms with van der Waals surface area (Å²) in [7, 11) is 0. The molecule has 0 spiro atoms. The summed E-state index contributed by atoms with van der Waals surface area (Å²) in [5, 5.41) is -0.206. The molecule has 0 N–H and O–H groups in total. The van der Waals surface area contributed by atoms with E-state index >= 15 is 0 Å². The van der Waals surface area contributed by atoms with E-state index in [2.05, 4.69) is 13.2 Å². The first-order valence-corrected chi connectivity index (χ1v) is 15.2. The highest BCUT2D eigenvalue weighted by molar-refractivity contribution is 8.14. The van der Waals surface area contributed by atoms with Gasteiger partial charge in [-0.15, -0.1) is 0 Å². The number of ether oxygens (including phenoxy) is 4. The lowest BCUT2D eigenvalue weighted by molar-refractivity contribution is -0.139. The molecule has 0 saturated carbocycles. The molecule has 0 aliphatic carbocycles. The van der Waals surface area contributed by atoms with Gasteiger partial charge in [-0.25, -0.2) is 9.59 Å². The number of hydrogen-bond donors (Lipinski definition) is 0. The van der Waals surface area contributed by atoms with Gasteiger partial charge in [-0.05, 0) is 91.6 Å². The quantitative estimate of drug-likeness (QED) is 0.0598. The van der Waals surface area contributed by atoms with Crippen LogP contribution in [0.15, 0.2) is 78.2 Å². The third-order valence-electron chi connectivity index (χ3n) is 5.43. The van der Waals surface area contributed by atoms with E-state index in [-0.39, 0.29) is 23.4 Å². The number of carbonyl (C=O) groups excluding carboxylic acids is 4. The van der Waals surface area contributed by atoms with E-state index < -0.39 is 12.1 Å². The molecule has 2 aromatic rings. The van der Waals surface area contributed by atoms with Crippen molar-refractivity contribution in [2.45, 2.75) is 44.4 Å². The van der Waals surface area contributed by atoms with E-state index in [0.29, 0.717) is 42.3 Å². The SMILES string of the molecule is C=CC(=O)SCCCCOC(=O)Oc1ccc(/C=C/C(=O)Sc2ccc(OCCCOC(=O)C(=C)C)cc2CC)cc1. The zero-order valence-corrected chi connectivity index (χ0v) is 25.6. The molecule has 0 aliphatic heterocycles. The number of rotatable bonds is 17. The fraction of sp³-hybridized carbons (Fsp3) is 0.312. The van der Waals surface area contributed by atoms with E-state index in [9.17, 15) is 19.2 Å². The van der Waals surface area contributed by atoms with Gasteiger partial charge in [0.05, 0.1) is 19.8 Å². The summed E-state index contributed by atoms with van der Waals surface area (Å²) in [6, 6.07) is 12.3. The van der Waals surface area contributed by atoms with Crippen LogP contribution in [0.25, 0.3) is 6.08 Å². The van der Waals surface area contributed by atoms with Crippen LogP contribution in [-0.4, -0.2) is 47.9 Å². The zero-order valence-electron chi connectivity index (χ0n) is 23.9. The largest absolute Gasteiger partial charge is 0.513 e. The van der Waals surface area contributed by atoms with Crippen LogP contribution < -0.4 is 9.47 Å². The van der Waals surface area contributed by atoms with E-state index in [1.54, 1.807) is 37.3 Å². The molecule has 0 amide bonds. The minimum Gasteiger partial charge on any atom is -0.493 e. The van der Waals surface area contributed by atoms with Gasteiger partial charge < -0.3 is 18.9 Å². The number of carbonyl (C=O) groups is 4. The maximum atomic E-state index is 12.6. The van der Waals surface area contributed by atoms with Gasteiger partial charge in [0, 0.05) is 22.6 Å². The molecule has 0 bridgehead atoms. The second-order valence-electron chi connectivity index (χ2n) is 8.84. The highest BCUT2D eigenvalue weighted by Crippen LogP contribution is 2.28. The minimum absolute atomic E-state index is 0.0752. The van der Waals surface area contributed by atoms with Crippen molar-refractivity contribution >= 4 is 52.0 Å². The molecule has 10 heteroatoms. The summed E-state index contributed by atoms with van der Waals surface area (Å²) in [6.45, 7) is 11.4. The van der Waals surface area contributed by atoms with Crippen molar-refractivity contribution in [2.75, 3.05) is 25.6 Å². The molecular formula is C32H36O8S2. The van der Waals surface area contributed by atoms with Gasteiger partial charge in [0.25, 0.3) is 0 Å². The first-order valence-electron chi connectivity index (χ1n) is 13.4. The Hall–Kier alpha value is -3.76. The Bertz CT molecular complexity index is 1270. The molecule has 2 rings (SSSR count). The van der Waals surface area contributed by atoms with E-state index in [1.165, 1.54) is 23.9 Å². The summed E-state index contributed by atoms with van der Waals surface area (Å²) >= 11 is 2.31. The Labute approximate surface area is 255 Å². The Morgan fingerprint density at radius 3 is 2.29 bits per heavy atom. The van der Waals surface area contributed by atoms with Crippen molar-refractivity contribution in [1.29, 1.82) is 0 Å². The lowest BCUT2D eigenvalue weighted by Crippen LogP contribution is -2.11. The van der Waals surface area contributed by atoms with Crippen LogP contribution in [0.1, 0.15) is 44.2 Å². The zero-order chi connectivity index (χ0) is 30.7. The second-order valence-corrected chi connectivity index (χ2v) is 11.0. The topological polar surface area (TPSA) is 105 Å². The molecule has 2 aromatic carbocycles. The van der Waals surface area contributed by atoms with Crippen molar-refractivity contribution < 1.29 is 38.1 Å². The molecule has 224 valence electrons. The minimum atomic E-state index is -0.799. The van der Waals surface area contributed by atoms with Crippen molar-refractivity contribution in [3.63, 3.8) is 0 Å². The first kappa shape index (κ1) is 34.4. The normalized spacial score (nSPS) is 10.6. The molecule has 0 heterocycles. The molecule has 0 aliphatic rings. The number of aryl methyl sites for hydroxylation is 1. The first-order chi connectivity index (χ1) is 20.2.